The van der Waals surface area contributed by atoms with Gasteiger partial charge in [-0.25, -0.2) is 5.43 Å². The van der Waals surface area contributed by atoms with Crippen LogP contribution < -0.4 is 20.8 Å². The molecule has 3 N–H and O–H groups in total. The molecule has 168 valence electrons. The molecular weight excluding hydrogens is 480 g/mol. The van der Waals surface area contributed by atoms with E-state index in [-0.39, 0.29) is 18.6 Å². The summed E-state index contributed by atoms with van der Waals surface area (Å²) in [7, 11) is 0. The zero-order valence-electron chi connectivity index (χ0n) is 17.2. The Bertz CT molecular complexity index is 957. The number of nitrogens with zero attached hydrogens (tertiary/aromatic N) is 1. The third-order valence-electron chi connectivity index (χ3n) is 4.49. The first-order chi connectivity index (χ1) is 15.5. The van der Waals surface area contributed by atoms with Gasteiger partial charge < -0.3 is 20.1 Å². The normalized spacial score (nSPS) is 15.3. The number of benzene rings is 2. The zero-order valence-corrected chi connectivity index (χ0v) is 18.8. The molecule has 0 bridgehead atoms. The van der Waals surface area contributed by atoms with Crippen molar-refractivity contribution in [2.24, 2.45) is 5.10 Å². The van der Waals surface area contributed by atoms with E-state index in [1.54, 1.807) is 48.5 Å². The van der Waals surface area contributed by atoms with Gasteiger partial charge in [-0.3, -0.25) is 14.4 Å². The van der Waals surface area contributed by atoms with E-state index in [9.17, 15) is 14.4 Å². The molecule has 0 aliphatic carbocycles. The lowest BCUT2D eigenvalue weighted by atomic mass is 10.2. The second kappa shape index (κ2) is 12.0. The lowest BCUT2D eigenvalue weighted by Gasteiger charge is -2.11. The van der Waals surface area contributed by atoms with Crippen LogP contribution in [0.15, 0.2) is 58.1 Å². The first-order valence-corrected chi connectivity index (χ1v) is 10.8. The van der Waals surface area contributed by atoms with Gasteiger partial charge in [-0.15, -0.1) is 0 Å². The fraction of sp³-hybridized carbons (Fsp3) is 0.273. The molecule has 0 spiro atoms. The van der Waals surface area contributed by atoms with Crippen LogP contribution in [0.1, 0.15) is 18.4 Å². The van der Waals surface area contributed by atoms with Crippen molar-refractivity contribution in [3.63, 3.8) is 0 Å². The number of carbonyl (C=O) groups is 3. The molecule has 9 nitrogen and oxygen atoms in total. The quantitative estimate of drug-likeness (QED) is 0.290. The first kappa shape index (κ1) is 23.4. The molecular formula is C22H23BrN4O5. The second-order valence-electron chi connectivity index (χ2n) is 6.96. The minimum Gasteiger partial charge on any atom is -0.484 e. The molecule has 1 heterocycles. The van der Waals surface area contributed by atoms with Crippen LogP contribution in [0.4, 0.5) is 5.69 Å². The van der Waals surface area contributed by atoms with Crippen molar-refractivity contribution in [2.75, 3.05) is 25.1 Å². The molecule has 0 radical (unpaired) electrons. The smallest absolute Gasteiger partial charge is 0.329 e. The highest BCUT2D eigenvalue weighted by molar-refractivity contribution is 9.10. The lowest BCUT2D eigenvalue weighted by molar-refractivity contribution is -0.136. The summed E-state index contributed by atoms with van der Waals surface area (Å²) in [6.45, 7) is 1.14. The Balaban J connectivity index is 1.37. The molecule has 0 unspecified atom stereocenters. The van der Waals surface area contributed by atoms with Crippen LogP contribution in [0.2, 0.25) is 0 Å². The molecule has 0 aromatic heterocycles. The molecule has 0 saturated carbocycles. The van der Waals surface area contributed by atoms with Gasteiger partial charge in [0.25, 0.3) is 5.91 Å². The van der Waals surface area contributed by atoms with Crippen LogP contribution in [0.5, 0.6) is 5.75 Å². The van der Waals surface area contributed by atoms with E-state index in [0.29, 0.717) is 23.5 Å². The Morgan fingerprint density at radius 3 is 2.53 bits per heavy atom. The van der Waals surface area contributed by atoms with Crippen LogP contribution in [0.3, 0.4) is 0 Å². The molecule has 3 rings (SSSR count). The van der Waals surface area contributed by atoms with Crippen molar-refractivity contribution in [1.82, 2.24) is 10.7 Å². The summed E-state index contributed by atoms with van der Waals surface area (Å²) in [5.41, 5.74) is 3.34. The van der Waals surface area contributed by atoms with E-state index in [1.807, 2.05) is 0 Å². The van der Waals surface area contributed by atoms with E-state index < -0.39 is 11.8 Å². The standard InChI is InChI=1S/C22H23BrN4O5/c23-16-5-7-17(8-6-16)26-21(29)22(30)27-25-12-15-3-9-18(10-4-15)32-14-20(28)24-13-19-2-1-11-31-19/h3-10,12,19H,1-2,11,13-14H2,(H,24,28)(H,26,29)(H,27,30)/b25-12-/t19-/m1/s1. The SMILES string of the molecule is O=C(COc1ccc(/C=N\NC(=O)C(=O)Nc2ccc(Br)cc2)cc1)NC[C@H]1CCCO1. The van der Waals surface area contributed by atoms with Crippen molar-refractivity contribution >= 4 is 45.6 Å². The Labute approximate surface area is 193 Å². The topological polar surface area (TPSA) is 118 Å². The van der Waals surface area contributed by atoms with Gasteiger partial charge in [0, 0.05) is 23.3 Å². The number of hydrazone groups is 1. The molecule has 1 atom stereocenters. The highest BCUT2D eigenvalue weighted by Gasteiger charge is 2.16. The van der Waals surface area contributed by atoms with E-state index in [2.05, 4.69) is 37.1 Å². The van der Waals surface area contributed by atoms with Crippen LogP contribution in [-0.4, -0.2) is 49.8 Å². The maximum atomic E-state index is 11.9. The molecule has 2 aromatic carbocycles. The highest BCUT2D eigenvalue weighted by Crippen LogP contribution is 2.14. The van der Waals surface area contributed by atoms with Crippen molar-refractivity contribution in [3.05, 3.63) is 58.6 Å². The van der Waals surface area contributed by atoms with Crippen LogP contribution in [0.25, 0.3) is 0 Å². The Kier molecular flexibility index (Phi) is 8.76. The number of anilines is 1. The van der Waals surface area contributed by atoms with Crippen LogP contribution >= 0.6 is 15.9 Å². The number of ether oxygens (including phenoxy) is 2. The molecule has 1 fully saturated rings. The maximum absolute atomic E-state index is 11.9. The number of carbonyl (C=O) groups excluding carboxylic acids is 3. The Morgan fingerprint density at radius 1 is 1.09 bits per heavy atom. The van der Waals surface area contributed by atoms with E-state index in [1.165, 1.54) is 6.21 Å². The molecule has 1 aliphatic heterocycles. The summed E-state index contributed by atoms with van der Waals surface area (Å²) in [5, 5.41) is 9.03. The summed E-state index contributed by atoms with van der Waals surface area (Å²) < 4.78 is 11.8. The van der Waals surface area contributed by atoms with Gasteiger partial charge in [-0.1, -0.05) is 15.9 Å². The van der Waals surface area contributed by atoms with Gasteiger partial charge in [0.2, 0.25) is 0 Å². The third-order valence-corrected chi connectivity index (χ3v) is 5.02. The minimum absolute atomic E-state index is 0.0878. The number of hydrogen-bond acceptors (Lipinski definition) is 6. The first-order valence-electron chi connectivity index (χ1n) is 10.0. The van der Waals surface area contributed by atoms with E-state index in [0.717, 1.165) is 23.9 Å². The van der Waals surface area contributed by atoms with Gasteiger partial charge in [0.05, 0.1) is 12.3 Å². The Morgan fingerprint density at radius 2 is 1.84 bits per heavy atom. The zero-order chi connectivity index (χ0) is 22.8. The number of amides is 3. The summed E-state index contributed by atoms with van der Waals surface area (Å²) in [6.07, 6.45) is 3.46. The fourth-order valence-electron chi connectivity index (χ4n) is 2.82. The second-order valence-corrected chi connectivity index (χ2v) is 7.87. The predicted molar refractivity (Wildman–Crippen MR) is 122 cm³/mol. The van der Waals surface area contributed by atoms with Gasteiger partial charge in [-0.2, -0.15) is 5.10 Å². The third kappa shape index (κ3) is 7.78. The van der Waals surface area contributed by atoms with Crippen molar-refractivity contribution in [2.45, 2.75) is 18.9 Å². The highest BCUT2D eigenvalue weighted by atomic mass is 79.9. The monoisotopic (exact) mass is 502 g/mol. The molecule has 1 aliphatic rings. The lowest BCUT2D eigenvalue weighted by Crippen LogP contribution is -2.35. The Hall–Kier alpha value is -3.24. The van der Waals surface area contributed by atoms with Crippen molar-refractivity contribution < 1.29 is 23.9 Å². The molecule has 3 amide bonds. The van der Waals surface area contributed by atoms with Gasteiger partial charge in [0.1, 0.15) is 5.75 Å². The van der Waals surface area contributed by atoms with Gasteiger partial charge in [-0.05, 0) is 66.9 Å². The number of halogens is 1. The summed E-state index contributed by atoms with van der Waals surface area (Å²) in [5.74, 6) is -1.41. The summed E-state index contributed by atoms with van der Waals surface area (Å²) in [4.78, 5) is 35.5. The van der Waals surface area contributed by atoms with Crippen LogP contribution in [0, 0.1) is 0 Å². The molecule has 1 saturated heterocycles. The minimum atomic E-state index is -0.891. The maximum Gasteiger partial charge on any atom is 0.329 e. The van der Waals surface area contributed by atoms with E-state index >= 15 is 0 Å². The van der Waals surface area contributed by atoms with E-state index in [4.69, 9.17) is 9.47 Å². The largest absolute Gasteiger partial charge is 0.484 e. The fourth-order valence-corrected chi connectivity index (χ4v) is 3.08. The number of hydrogen-bond donors (Lipinski definition) is 3. The number of nitrogens with one attached hydrogen (secondary N) is 3. The number of rotatable bonds is 8. The molecule has 10 heteroatoms. The summed E-state index contributed by atoms with van der Waals surface area (Å²) >= 11 is 3.29. The molecule has 2 aromatic rings. The predicted octanol–water partition coefficient (Wildman–Crippen LogP) is 2.21. The average Bonchev–Trinajstić information content (AvgIpc) is 3.32. The van der Waals surface area contributed by atoms with Crippen LogP contribution in [-0.2, 0) is 19.1 Å². The van der Waals surface area contributed by atoms with Gasteiger partial charge >= 0.3 is 11.8 Å². The van der Waals surface area contributed by atoms with Crippen molar-refractivity contribution in [1.29, 1.82) is 0 Å². The summed E-state index contributed by atoms with van der Waals surface area (Å²) in [6, 6.07) is 13.6. The average molecular weight is 503 g/mol. The molecule has 32 heavy (non-hydrogen) atoms. The van der Waals surface area contributed by atoms with Gasteiger partial charge in [0.15, 0.2) is 6.61 Å². The van der Waals surface area contributed by atoms with Crippen molar-refractivity contribution in [3.8, 4) is 5.75 Å².